The Morgan fingerprint density at radius 1 is 0.973 bits per heavy atom. The van der Waals surface area contributed by atoms with Crippen LogP contribution in [0, 0.1) is 50.2 Å². The Hall–Kier alpha value is -1.20. The number of amides is 1. The number of hydrogen-bond acceptors (Lipinski definition) is 4. The summed E-state index contributed by atoms with van der Waals surface area (Å²) in [5.41, 5.74) is 0.528. The minimum atomic E-state index is -0.484. The van der Waals surface area contributed by atoms with Gasteiger partial charge >= 0.3 is 0 Å². The van der Waals surface area contributed by atoms with Gasteiger partial charge in [0.2, 0.25) is 0 Å². The van der Waals surface area contributed by atoms with Crippen LogP contribution in [0.1, 0.15) is 106 Å². The molecular weight excluding hydrogens is 462 g/mol. The molecule has 208 valence electrons. The fraction of sp³-hybridized carbons (Fsp3) is 0.875. The zero-order valence-electron chi connectivity index (χ0n) is 24.9. The summed E-state index contributed by atoms with van der Waals surface area (Å²) in [4.78, 5) is 33.1. The fourth-order valence-corrected chi connectivity index (χ4v) is 10.8. The molecule has 0 aromatic heterocycles. The number of ketones is 1. The molecule has 9 atom stereocenters. The van der Waals surface area contributed by atoms with Gasteiger partial charge in [-0.2, -0.15) is 0 Å². The van der Waals surface area contributed by atoms with Gasteiger partial charge in [0.05, 0.1) is 13.2 Å². The molecule has 5 nitrogen and oxygen atoms in total. The van der Waals surface area contributed by atoms with Crippen molar-refractivity contribution in [3.8, 4) is 0 Å². The van der Waals surface area contributed by atoms with Crippen molar-refractivity contribution in [1.82, 2.24) is 5.06 Å². The number of aliphatic hydroxyl groups excluding tert-OH is 1. The van der Waals surface area contributed by atoms with Crippen LogP contribution in [0.2, 0.25) is 0 Å². The second-order valence-corrected chi connectivity index (χ2v) is 15.6. The van der Waals surface area contributed by atoms with Gasteiger partial charge < -0.3 is 5.11 Å². The zero-order valence-corrected chi connectivity index (χ0v) is 24.9. The summed E-state index contributed by atoms with van der Waals surface area (Å²) in [5, 5.41) is 12.3. The first kappa shape index (κ1) is 27.4. The fourth-order valence-electron chi connectivity index (χ4n) is 10.8. The van der Waals surface area contributed by atoms with Gasteiger partial charge in [-0.1, -0.05) is 54.0 Å². The van der Waals surface area contributed by atoms with Crippen LogP contribution >= 0.6 is 0 Å². The number of rotatable bonds is 2. The largest absolute Gasteiger partial charge is 0.393 e. The molecule has 0 bridgehead atoms. The Morgan fingerprint density at radius 3 is 2.27 bits per heavy atom. The Balaban J connectivity index is 1.59. The van der Waals surface area contributed by atoms with Gasteiger partial charge in [0.25, 0.3) is 5.91 Å². The van der Waals surface area contributed by atoms with Crippen molar-refractivity contribution >= 4 is 11.7 Å². The lowest BCUT2D eigenvalue weighted by Crippen LogP contribution is -2.66. The van der Waals surface area contributed by atoms with Crippen molar-refractivity contribution in [3.63, 3.8) is 0 Å². The van der Waals surface area contributed by atoms with E-state index in [2.05, 4.69) is 54.5 Å². The lowest BCUT2D eigenvalue weighted by atomic mass is 9.33. The molecule has 0 spiro atoms. The summed E-state index contributed by atoms with van der Waals surface area (Å²) in [6.07, 6.45) is 10.5. The molecule has 0 aromatic carbocycles. The highest BCUT2D eigenvalue weighted by Gasteiger charge is 2.70. The molecular formula is C32H51NO4. The Bertz CT molecular complexity index is 1030. The van der Waals surface area contributed by atoms with Gasteiger partial charge in [-0.25, -0.2) is 5.06 Å². The molecule has 5 aliphatic carbocycles. The van der Waals surface area contributed by atoms with Gasteiger partial charge in [0.15, 0.2) is 5.78 Å². The van der Waals surface area contributed by atoms with Gasteiger partial charge in [0, 0.05) is 18.4 Å². The standard InChI is InChI=1S/C32H51NO4/c1-27(2)23-10-13-32(7)25(30(23,5)12-11-24(27)35)22(34)18-20-21-19-29(4,26(36)33(8)37-9)15-14-28(21,3)16-17-31(20,32)6/h18,21,23-25,35H,10-17,19H2,1-9H3/t21-,23?,24+,25-,28-,29+,30+,31-,32-/m1/s1. The monoisotopic (exact) mass is 513 g/mol. The van der Waals surface area contributed by atoms with E-state index in [9.17, 15) is 14.7 Å². The maximum absolute atomic E-state index is 14.4. The average Bonchev–Trinajstić information content (AvgIpc) is 2.83. The zero-order chi connectivity index (χ0) is 27.4. The normalized spacial score (nSPS) is 50.6. The lowest BCUT2D eigenvalue weighted by molar-refractivity contribution is -0.203. The minimum absolute atomic E-state index is 0.0140. The van der Waals surface area contributed by atoms with Gasteiger partial charge in [0.1, 0.15) is 0 Å². The molecule has 5 rings (SSSR count). The number of aliphatic hydroxyl groups is 1. The van der Waals surface area contributed by atoms with E-state index in [-0.39, 0.29) is 50.9 Å². The van der Waals surface area contributed by atoms with Crippen molar-refractivity contribution in [2.45, 2.75) is 112 Å². The van der Waals surface area contributed by atoms with Crippen molar-refractivity contribution in [1.29, 1.82) is 0 Å². The van der Waals surface area contributed by atoms with Crippen LogP contribution in [0.15, 0.2) is 11.6 Å². The van der Waals surface area contributed by atoms with Crippen molar-refractivity contribution < 1.29 is 19.5 Å². The summed E-state index contributed by atoms with van der Waals surface area (Å²) >= 11 is 0. The van der Waals surface area contributed by atoms with Gasteiger partial charge in [-0.15, -0.1) is 0 Å². The molecule has 37 heavy (non-hydrogen) atoms. The molecule has 0 heterocycles. The summed E-state index contributed by atoms with van der Waals surface area (Å²) in [6, 6.07) is 0. The van der Waals surface area contributed by atoms with E-state index < -0.39 is 5.41 Å². The second-order valence-electron chi connectivity index (χ2n) is 15.6. The van der Waals surface area contributed by atoms with Crippen LogP contribution < -0.4 is 0 Å². The first-order valence-electron chi connectivity index (χ1n) is 14.8. The summed E-state index contributed by atoms with van der Waals surface area (Å²) < 4.78 is 0. The van der Waals surface area contributed by atoms with E-state index >= 15 is 0 Å². The number of hydroxylamine groups is 2. The van der Waals surface area contributed by atoms with E-state index in [4.69, 9.17) is 4.84 Å². The van der Waals surface area contributed by atoms with Crippen LogP contribution in [0.4, 0.5) is 0 Å². The van der Waals surface area contributed by atoms with Crippen LogP contribution in [-0.2, 0) is 14.4 Å². The molecule has 1 amide bonds. The van der Waals surface area contributed by atoms with Crippen LogP contribution in [0.3, 0.4) is 0 Å². The minimum Gasteiger partial charge on any atom is -0.393 e. The molecule has 5 heteroatoms. The first-order chi connectivity index (χ1) is 17.0. The predicted octanol–water partition coefficient (Wildman–Crippen LogP) is 6.35. The van der Waals surface area contributed by atoms with Crippen LogP contribution in [-0.4, -0.2) is 42.1 Å². The van der Waals surface area contributed by atoms with Gasteiger partial charge in [-0.3, -0.25) is 14.4 Å². The smallest absolute Gasteiger partial charge is 0.251 e. The molecule has 0 saturated heterocycles. The number of hydrogen-bond donors (Lipinski definition) is 1. The maximum atomic E-state index is 14.4. The highest BCUT2D eigenvalue weighted by atomic mass is 16.7. The third-order valence-corrected chi connectivity index (χ3v) is 13.6. The average molecular weight is 514 g/mol. The molecule has 4 fully saturated rings. The van der Waals surface area contributed by atoms with E-state index in [0.717, 1.165) is 57.8 Å². The third-order valence-electron chi connectivity index (χ3n) is 13.6. The first-order valence-corrected chi connectivity index (χ1v) is 14.8. The molecule has 0 aliphatic heterocycles. The van der Waals surface area contributed by atoms with E-state index in [1.165, 1.54) is 10.6 Å². The molecule has 4 saturated carbocycles. The van der Waals surface area contributed by atoms with Gasteiger partial charge in [-0.05, 0) is 103 Å². The van der Waals surface area contributed by atoms with E-state index in [1.54, 1.807) is 14.2 Å². The Kier molecular flexibility index (Phi) is 6.04. The number of allylic oxidation sites excluding steroid dienone is 2. The highest BCUT2D eigenvalue weighted by molar-refractivity contribution is 5.95. The van der Waals surface area contributed by atoms with Crippen LogP contribution in [0.5, 0.6) is 0 Å². The predicted molar refractivity (Wildman–Crippen MR) is 145 cm³/mol. The molecule has 1 unspecified atom stereocenters. The summed E-state index contributed by atoms with van der Waals surface area (Å²) in [5.74, 6) is 0.924. The maximum Gasteiger partial charge on any atom is 0.251 e. The summed E-state index contributed by atoms with van der Waals surface area (Å²) in [7, 11) is 3.26. The number of nitrogens with zero attached hydrogens (tertiary/aromatic N) is 1. The molecule has 0 radical (unpaired) electrons. The molecule has 1 N–H and O–H groups in total. The quantitative estimate of drug-likeness (QED) is 0.437. The number of fused-ring (bicyclic) bond motifs is 7. The van der Waals surface area contributed by atoms with Crippen molar-refractivity contribution in [2.75, 3.05) is 14.2 Å². The number of carbonyl (C=O) groups excluding carboxylic acids is 2. The van der Waals surface area contributed by atoms with Crippen molar-refractivity contribution in [3.05, 3.63) is 11.6 Å². The second kappa shape index (κ2) is 8.16. The van der Waals surface area contributed by atoms with E-state index in [0.29, 0.717) is 11.7 Å². The Morgan fingerprint density at radius 2 is 1.62 bits per heavy atom. The van der Waals surface area contributed by atoms with E-state index in [1.807, 2.05) is 0 Å². The lowest BCUT2D eigenvalue weighted by Gasteiger charge is -2.70. The Labute approximate surface area is 224 Å². The third kappa shape index (κ3) is 3.41. The summed E-state index contributed by atoms with van der Waals surface area (Å²) in [6.45, 7) is 16.2. The molecule has 0 aromatic rings. The SMILES string of the molecule is CON(C)C(=O)[C@@]1(C)CC[C@]2(C)CC[C@]3(C)C(=CC(=O)[C@@H]4[C@@]5(C)CC[C@H](O)C(C)(C)C5CC[C@]43C)[C@H]2C1. The van der Waals surface area contributed by atoms with Crippen molar-refractivity contribution in [2.24, 2.45) is 50.2 Å². The topological polar surface area (TPSA) is 66.8 Å². The highest BCUT2D eigenvalue weighted by Crippen LogP contribution is 2.75. The van der Waals surface area contributed by atoms with Crippen LogP contribution in [0.25, 0.3) is 0 Å². The number of carbonyl (C=O) groups is 2. The molecule has 5 aliphatic rings.